The van der Waals surface area contributed by atoms with Crippen LogP contribution in [-0.4, -0.2) is 26.1 Å². The molecular formula is C16H9N3O7S. The summed E-state index contributed by atoms with van der Waals surface area (Å²) in [5.74, 6) is -1.54. The highest BCUT2D eigenvalue weighted by Crippen LogP contribution is 2.40. The van der Waals surface area contributed by atoms with Gasteiger partial charge in [0.15, 0.2) is 0 Å². The summed E-state index contributed by atoms with van der Waals surface area (Å²) in [6, 6.07) is 9.58. The minimum atomic E-state index is -0.977. The summed E-state index contributed by atoms with van der Waals surface area (Å²) in [5, 5.41) is 31.4. The number of nitro benzene ring substituents is 2. The van der Waals surface area contributed by atoms with E-state index in [-0.39, 0.29) is 10.5 Å². The number of anilines is 1. The second-order valence-corrected chi connectivity index (χ2v) is 6.26. The lowest BCUT2D eigenvalue weighted by molar-refractivity contribution is -0.394. The number of para-hydroxylation sites is 1. The Morgan fingerprint density at radius 3 is 2.30 bits per heavy atom. The van der Waals surface area contributed by atoms with Gasteiger partial charge in [-0.1, -0.05) is 18.2 Å². The number of amides is 2. The molecule has 2 aromatic rings. The van der Waals surface area contributed by atoms with E-state index < -0.39 is 38.1 Å². The van der Waals surface area contributed by atoms with Crippen LogP contribution in [0.5, 0.6) is 5.75 Å². The van der Waals surface area contributed by atoms with E-state index in [0.717, 1.165) is 17.0 Å². The van der Waals surface area contributed by atoms with Crippen LogP contribution in [-0.2, 0) is 4.79 Å². The number of hydrogen-bond acceptors (Lipinski definition) is 8. The number of rotatable bonds is 4. The first-order valence-electron chi connectivity index (χ1n) is 7.28. The highest BCUT2D eigenvalue weighted by molar-refractivity contribution is 8.19. The number of carbonyl (C=O) groups is 2. The maximum atomic E-state index is 12.5. The SMILES string of the molecule is O=C1SC(=Cc2cc([N+](=O)[O-])cc([N+](=O)[O-])c2O)C(=O)N1c1ccccc1. The van der Waals surface area contributed by atoms with Crippen LogP contribution < -0.4 is 4.90 Å². The van der Waals surface area contributed by atoms with E-state index in [2.05, 4.69) is 0 Å². The average molecular weight is 387 g/mol. The Balaban J connectivity index is 2.07. The first kappa shape index (κ1) is 18.1. The van der Waals surface area contributed by atoms with Gasteiger partial charge in [-0.15, -0.1) is 0 Å². The molecule has 0 bridgehead atoms. The number of phenols is 1. The van der Waals surface area contributed by atoms with Crippen molar-refractivity contribution in [3.8, 4) is 5.75 Å². The van der Waals surface area contributed by atoms with Crippen LogP contribution in [0, 0.1) is 20.2 Å². The molecule has 0 unspecified atom stereocenters. The lowest BCUT2D eigenvalue weighted by atomic mass is 10.1. The molecule has 0 radical (unpaired) electrons. The maximum Gasteiger partial charge on any atom is 0.318 e. The lowest BCUT2D eigenvalue weighted by Gasteiger charge is -2.11. The second-order valence-electron chi connectivity index (χ2n) is 5.27. The molecule has 1 aliphatic rings. The van der Waals surface area contributed by atoms with E-state index in [0.29, 0.717) is 23.5 Å². The molecule has 10 nitrogen and oxygen atoms in total. The van der Waals surface area contributed by atoms with Crippen molar-refractivity contribution in [2.75, 3.05) is 4.90 Å². The Bertz CT molecular complexity index is 1020. The lowest BCUT2D eigenvalue weighted by Crippen LogP contribution is -2.27. The van der Waals surface area contributed by atoms with Gasteiger partial charge in [0.1, 0.15) is 0 Å². The molecule has 1 heterocycles. The fraction of sp³-hybridized carbons (Fsp3) is 0. The summed E-state index contributed by atoms with van der Waals surface area (Å²) in [5.41, 5.74) is -1.49. The molecule has 0 saturated carbocycles. The normalized spacial score (nSPS) is 15.4. The summed E-state index contributed by atoms with van der Waals surface area (Å²) < 4.78 is 0. The van der Waals surface area contributed by atoms with Gasteiger partial charge < -0.3 is 5.11 Å². The first-order chi connectivity index (χ1) is 12.8. The van der Waals surface area contributed by atoms with E-state index in [9.17, 15) is 34.9 Å². The molecule has 27 heavy (non-hydrogen) atoms. The molecule has 136 valence electrons. The van der Waals surface area contributed by atoms with E-state index in [1.807, 2.05) is 0 Å². The Hall–Kier alpha value is -3.73. The molecule has 1 saturated heterocycles. The smallest absolute Gasteiger partial charge is 0.318 e. The van der Waals surface area contributed by atoms with Crippen LogP contribution in [0.3, 0.4) is 0 Å². The van der Waals surface area contributed by atoms with Crippen molar-refractivity contribution in [1.29, 1.82) is 0 Å². The number of nitro groups is 2. The van der Waals surface area contributed by atoms with Crippen LogP contribution in [0.15, 0.2) is 47.4 Å². The van der Waals surface area contributed by atoms with Crippen LogP contribution in [0.2, 0.25) is 0 Å². The van der Waals surface area contributed by atoms with E-state index >= 15 is 0 Å². The molecule has 0 aromatic heterocycles. The molecule has 0 spiro atoms. The van der Waals surface area contributed by atoms with Gasteiger partial charge in [0.25, 0.3) is 16.8 Å². The third-order valence-corrected chi connectivity index (χ3v) is 4.48. The Kier molecular flexibility index (Phi) is 4.60. The number of phenolic OH excluding ortho intramolecular Hbond substituents is 1. The largest absolute Gasteiger partial charge is 0.502 e. The zero-order chi connectivity index (χ0) is 19.7. The highest BCUT2D eigenvalue weighted by Gasteiger charge is 2.36. The van der Waals surface area contributed by atoms with Crippen LogP contribution in [0.25, 0.3) is 6.08 Å². The molecule has 0 atom stereocenters. The number of non-ortho nitro benzene ring substituents is 1. The van der Waals surface area contributed by atoms with Crippen molar-refractivity contribution in [2.24, 2.45) is 0 Å². The molecule has 11 heteroatoms. The average Bonchev–Trinajstić information content (AvgIpc) is 2.90. The van der Waals surface area contributed by atoms with Crippen molar-refractivity contribution in [1.82, 2.24) is 0 Å². The van der Waals surface area contributed by atoms with Crippen LogP contribution >= 0.6 is 11.8 Å². The minimum absolute atomic E-state index is 0.131. The molecule has 3 rings (SSSR count). The zero-order valence-corrected chi connectivity index (χ0v) is 14.1. The number of hydrogen-bond donors (Lipinski definition) is 1. The Morgan fingerprint density at radius 1 is 1.04 bits per heavy atom. The minimum Gasteiger partial charge on any atom is -0.502 e. The van der Waals surface area contributed by atoms with Crippen LogP contribution in [0.1, 0.15) is 5.56 Å². The number of aromatic hydroxyl groups is 1. The predicted octanol–water partition coefficient (Wildman–Crippen LogP) is 3.45. The van der Waals surface area contributed by atoms with Gasteiger partial charge in [0, 0.05) is 11.6 Å². The molecule has 2 aromatic carbocycles. The van der Waals surface area contributed by atoms with Gasteiger partial charge in [0.2, 0.25) is 5.75 Å². The van der Waals surface area contributed by atoms with E-state index in [1.165, 1.54) is 0 Å². The summed E-state index contributed by atoms with van der Waals surface area (Å²) in [7, 11) is 0. The van der Waals surface area contributed by atoms with Crippen molar-refractivity contribution >= 4 is 46.0 Å². The van der Waals surface area contributed by atoms with E-state index in [1.54, 1.807) is 30.3 Å². The number of carbonyl (C=O) groups excluding carboxylic acids is 2. The molecule has 1 aliphatic heterocycles. The Morgan fingerprint density at radius 2 is 1.70 bits per heavy atom. The third-order valence-electron chi connectivity index (χ3n) is 3.61. The Labute approximate surface area is 155 Å². The number of nitrogens with zero attached hydrogens (tertiary/aromatic N) is 3. The fourth-order valence-corrected chi connectivity index (χ4v) is 3.22. The number of benzene rings is 2. The zero-order valence-electron chi connectivity index (χ0n) is 13.3. The standard InChI is InChI=1S/C16H9N3O7S/c20-14-9(6-11(18(23)24)8-12(14)19(25)26)7-13-15(21)17(16(22)27-13)10-4-2-1-3-5-10/h1-8,20H. The molecule has 1 N–H and O–H groups in total. The van der Waals surface area contributed by atoms with Gasteiger partial charge in [-0.3, -0.25) is 29.8 Å². The van der Waals surface area contributed by atoms with Gasteiger partial charge in [0.05, 0.1) is 26.5 Å². The van der Waals surface area contributed by atoms with E-state index in [4.69, 9.17) is 0 Å². The van der Waals surface area contributed by atoms with Crippen molar-refractivity contribution in [2.45, 2.75) is 0 Å². The van der Waals surface area contributed by atoms with Crippen molar-refractivity contribution in [3.63, 3.8) is 0 Å². The second kappa shape index (κ2) is 6.88. The van der Waals surface area contributed by atoms with Crippen LogP contribution in [0.4, 0.5) is 21.9 Å². The van der Waals surface area contributed by atoms with Gasteiger partial charge in [-0.25, -0.2) is 4.90 Å². The van der Waals surface area contributed by atoms with Crippen molar-refractivity contribution < 1.29 is 24.5 Å². The molecule has 1 fully saturated rings. The quantitative estimate of drug-likeness (QED) is 0.477. The fourth-order valence-electron chi connectivity index (χ4n) is 2.39. The summed E-state index contributed by atoms with van der Waals surface area (Å²) in [6.45, 7) is 0. The molecule has 2 amide bonds. The topological polar surface area (TPSA) is 144 Å². The van der Waals surface area contributed by atoms with Gasteiger partial charge in [-0.2, -0.15) is 0 Å². The summed E-state index contributed by atoms with van der Waals surface area (Å²) in [6.07, 6.45) is 1.02. The molecular weight excluding hydrogens is 378 g/mol. The first-order valence-corrected chi connectivity index (χ1v) is 8.10. The molecule has 0 aliphatic carbocycles. The predicted molar refractivity (Wildman–Crippen MR) is 96.3 cm³/mol. The summed E-state index contributed by atoms with van der Waals surface area (Å²) in [4.78, 5) is 45.6. The maximum absolute atomic E-state index is 12.5. The van der Waals surface area contributed by atoms with Crippen molar-refractivity contribution in [3.05, 3.63) is 73.2 Å². The third kappa shape index (κ3) is 3.35. The monoisotopic (exact) mass is 387 g/mol. The highest BCUT2D eigenvalue weighted by atomic mass is 32.2. The summed E-state index contributed by atoms with van der Waals surface area (Å²) >= 11 is 0.556. The van der Waals surface area contributed by atoms with Gasteiger partial charge >= 0.3 is 5.69 Å². The number of imide groups is 1. The number of thioether (sulfide) groups is 1. The van der Waals surface area contributed by atoms with Gasteiger partial charge in [-0.05, 0) is 30.0 Å².